The first-order valence-electron chi connectivity index (χ1n) is 8.67. The third-order valence-electron chi connectivity index (χ3n) is 4.66. The van der Waals surface area contributed by atoms with E-state index >= 15 is 0 Å². The summed E-state index contributed by atoms with van der Waals surface area (Å²) in [7, 11) is 0. The molecule has 11 heteroatoms. The van der Waals surface area contributed by atoms with Gasteiger partial charge in [0.2, 0.25) is 0 Å². The summed E-state index contributed by atoms with van der Waals surface area (Å²) in [5.41, 5.74) is 1.02. The molecule has 0 saturated carbocycles. The van der Waals surface area contributed by atoms with Gasteiger partial charge in [0.15, 0.2) is 0 Å². The first-order chi connectivity index (χ1) is 14.3. The Morgan fingerprint density at radius 2 is 1.77 bits per heavy atom. The summed E-state index contributed by atoms with van der Waals surface area (Å²) in [6.07, 6.45) is 3.21. The molecule has 1 fully saturated rings. The number of nitro groups is 2. The van der Waals surface area contributed by atoms with E-state index in [2.05, 4.69) is 10.6 Å². The summed E-state index contributed by atoms with van der Waals surface area (Å²) in [6, 6.07) is 10.1. The monoisotopic (exact) mass is 407 g/mol. The molecule has 1 aromatic heterocycles. The molecule has 3 amide bonds. The van der Waals surface area contributed by atoms with Gasteiger partial charge in [-0.15, -0.1) is 0 Å². The molecule has 0 radical (unpaired) electrons. The van der Waals surface area contributed by atoms with Gasteiger partial charge in [0.25, 0.3) is 17.3 Å². The van der Waals surface area contributed by atoms with Crippen molar-refractivity contribution < 1.29 is 19.4 Å². The Bertz CT molecular complexity index is 1280. The lowest BCUT2D eigenvalue weighted by molar-refractivity contribution is -0.394. The van der Waals surface area contributed by atoms with Crippen LogP contribution in [0.15, 0.2) is 54.4 Å². The Morgan fingerprint density at radius 3 is 2.43 bits per heavy atom. The predicted molar refractivity (Wildman–Crippen MR) is 105 cm³/mol. The van der Waals surface area contributed by atoms with E-state index in [1.54, 1.807) is 22.9 Å². The number of imide groups is 1. The van der Waals surface area contributed by atoms with E-state index in [4.69, 9.17) is 0 Å². The second-order valence-corrected chi connectivity index (χ2v) is 6.52. The third kappa shape index (κ3) is 3.35. The topological polar surface area (TPSA) is 149 Å². The van der Waals surface area contributed by atoms with Crippen molar-refractivity contribution in [1.82, 2.24) is 15.2 Å². The summed E-state index contributed by atoms with van der Waals surface area (Å²) in [6.45, 7) is 0.0799. The SMILES string of the molecule is O=C1NC(=O)/C(=C/c2cn(Cc3ccc([N+](=O)[O-])cc3[N+](=O)[O-])c3ccccc23)N1. The highest BCUT2D eigenvalue weighted by Gasteiger charge is 2.24. The molecular weight excluding hydrogens is 394 g/mol. The van der Waals surface area contributed by atoms with Crippen LogP contribution in [0.4, 0.5) is 16.2 Å². The van der Waals surface area contributed by atoms with E-state index in [0.29, 0.717) is 5.56 Å². The van der Waals surface area contributed by atoms with E-state index in [0.717, 1.165) is 17.0 Å². The zero-order valence-electron chi connectivity index (χ0n) is 15.2. The van der Waals surface area contributed by atoms with Crippen LogP contribution in [0.5, 0.6) is 0 Å². The number of benzene rings is 2. The van der Waals surface area contributed by atoms with Gasteiger partial charge in [0.1, 0.15) is 5.70 Å². The van der Waals surface area contributed by atoms with Crippen LogP contribution in [0.1, 0.15) is 11.1 Å². The van der Waals surface area contributed by atoms with Crippen LogP contribution in [-0.4, -0.2) is 26.4 Å². The lowest BCUT2D eigenvalue weighted by atomic mass is 10.1. The Morgan fingerprint density at radius 1 is 1.00 bits per heavy atom. The van der Waals surface area contributed by atoms with Gasteiger partial charge in [-0.05, 0) is 18.2 Å². The summed E-state index contributed by atoms with van der Waals surface area (Å²) in [5, 5.41) is 27.7. The highest BCUT2D eigenvalue weighted by atomic mass is 16.6. The highest BCUT2D eigenvalue weighted by molar-refractivity contribution is 6.14. The molecule has 0 aliphatic carbocycles. The second-order valence-electron chi connectivity index (χ2n) is 6.52. The van der Waals surface area contributed by atoms with Crippen LogP contribution < -0.4 is 10.6 Å². The number of carbonyl (C=O) groups excluding carboxylic acids is 2. The van der Waals surface area contributed by atoms with Gasteiger partial charge in [-0.25, -0.2) is 4.79 Å². The van der Waals surface area contributed by atoms with E-state index in [1.807, 2.05) is 12.1 Å². The fraction of sp³-hybridized carbons (Fsp3) is 0.0526. The highest BCUT2D eigenvalue weighted by Crippen LogP contribution is 2.29. The number of amides is 3. The van der Waals surface area contributed by atoms with Crippen molar-refractivity contribution in [3.63, 3.8) is 0 Å². The summed E-state index contributed by atoms with van der Waals surface area (Å²) < 4.78 is 1.74. The minimum Gasteiger partial charge on any atom is -0.342 e. The number of rotatable bonds is 5. The van der Waals surface area contributed by atoms with Crippen LogP contribution in [0.25, 0.3) is 17.0 Å². The Hall–Kier alpha value is -4.54. The first kappa shape index (κ1) is 18.8. The molecule has 1 aliphatic rings. The minimum atomic E-state index is -0.687. The zero-order valence-corrected chi connectivity index (χ0v) is 15.2. The van der Waals surface area contributed by atoms with Crippen molar-refractivity contribution in [2.24, 2.45) is 0 Å². The predicted octanol–water partition coefficient (Wildman–Crippen LogP) is 2.69. The van der Waals surface area contributed by atoms with Gasteiger partial charge < -0.3 is 9.88 Å². The first-order valence-corrected chi connectivity index (χ1v) is 8.67. The Labute approximate surface area is 167 Å². The Balaban J connectivity index is 1.79. The molecule has 0 bridgehead atoms. The number of carbonyl (C=O) groups is 2. The molecule has 1 saturated heterocycles. The maximum Gasteiger partial charge on any atom is 0.326 e. The molecule has 150 valence electrons. The lowest BCUT2D eigenvalue weighted by Gasteiger charge is -2.06. The molecule has 0 spiro atoms. The number of hydrogen-bond donors (Lipinski definition) is 2. The molecule has 11 nitrogen and oxygen atoms in total. The van der Waals surface area contributed by atoms with Crippen molar-refractivity contribution in [3.05, 3.63) is 85.7 Å². The number of hydrogen-bond acceptors (Lipinski definition) is 6. The molecule has 3 aromatic rings. The average Bonchev–Trinajstić information content (AvgIpc) is 3.21. The van der Waals surface area contributed by atoms with E-state index in [-0.39, 0.29) is 29.2 Å². The van der Waals surface area contributed by atoms with E-state index in [1.165, 1.54) is 18.2 Å². The van der Waals surface area contributed by atoms with Crippen LogP contribution in [0.3, 0.4) is 0 Å². The Kier molecular flexibility index (Phi) is 4.47. The van der Waals surface area contributed by atoms with Gasteiger partial charge in [-0.3, -0.25) is 30.3 Å². The van der Waals surface area contributed by atoms with Crippen LogP contribution in [0, 0.1) is 20.2 Å². The number of fused-ring (bicyclic) bond motifs is 1. The molecule has 0 unspecified atom stereocenters. The number of non-ortho nitro benzene ring substituents is 1. The van der Waals surface area contributed by atoms with Crippen molar-refractivity contribution in [3.8, 4) is 0 Å². The summed E-state index contributed by atoms with van der Waals surface area (Å²) >= 11 is 0. The molecule has 2 aromatic carbocycles. The minimum absolute atomic E-state index is 0.0799. The standard InChI is InChI=1S/C19H13N5O6/c25-18-15(20-19(26)21-18)7-12-10-22(16-4-2-1-3-14(12)16)9-11-5-6-13(23(27)28)8-17(11)24(29)30/h1-8,10H,9H2,(H2,20,21,25,26)/b15-7-. The average molecular weight is 407 g/mol. The molecule has 2 N–H and O–H groups in total. The van der Waals surface area contributed by atoms with Gasteiger partial charge >= 0.3 is 6.03 Å². The molecule has 4 rings (SSSR count). The quantitative estimate of drug-likeness (QED) is 0.287. The number of nitrogens with one attached hydrogen (secondary N) is 2. The largest absolute Gasteiger partial charge is 0.342 e. The number of urea groups is 1. The number of nitro benzene ring substituents is 2. The number of para-hydroxylation sites is 1. The van der Waals surface area contributed by atoms with Gasteiger partial charge in [-0.1, -0.05) is 18.2 Å². The van der Waals surface area contributed by atoms with Crippen molar-refractivity contribution in [2.75, 3.05) is 0 Å². The maximum atomic E-state index is 11.8. The van der Waals surface area contributed by atoms with Crippen LogP contribution in [0.2, 0.25) is 0 Å². The van der Waals surface area contributed by atoms with E-state index in [9.17, 15) is 29.8 Å². The van der Waals surface area contributed by atoms with Crippen LogP contribution in [-0.2, 0) is 11.3 Å². The molecular formula is C19H13N5O6. The molecule has 30 heavy (non-hydrogen) atoms. The zero-order chi connectivity index (χ0) is 21.4. The van der Waals surface area contributed by atoms with Gasteiger partial charge in [0.05, 0.1) is 22.5 Å². The van der Waals surface area contributed by atoms with Crippen molar-refractivity contribution in [2.45, 2.75) is 6.54 Å². The molecule has 0 atom stereocenters. The fourth-order valence-electron chi connectivity index (χ4n) is 3.31. The maximum absolute atomic E-state index is 11.8. The summed E-state index contributed by atoms with van der Waals surface area (Å²) in [5.74, 6) is -0.553. The van der Waals surface area contributed by atoms with E-state index < -0.39 is 21.8 Å². The normalized spacial score (nSPS) is 14.7. The van der Waals surface area contributed by atoms with Crippen molar-refractivity contribution >= 4 is 40.3 Å². The summed E-state index contributed by atoms with van der Waals surface area (Å²) in [4.78, 5) is 44.2. The van der Waals surface area contributed by atoms with Gasteiger partial charge in [-0.2, -0.15) is 0 Å². The fourth-order valence-corrected chi connectivity index (χ4v) is 3.31. The van der Waals surface area contributed by atoms with Crippen molar-refractivity contribution in [1.29, 1.82) is 0 Å². The van der Waals surface area contributed by atoms with Crippen LogP contribution >= 0.6 is 0 Å². The third-order valence-corrected chi connectivity index (χ3v) is 4.66. The molecule has 2 heterocycles. The second kappa shape index (κ2) is 7.13. The molecule has 1 aliphatic heterocycles. The lowest BCUT2D eigenvalue weighted by Crippen LogP contribution is -2.22. The number of nitrogens with zero attached hydrogens (tertiary/aromatic N) is 3. The smallest absolute Gasteiger partial charge is 0.326 e. The van der Waals surface area contributed by atoms with Gasteiger partial charge in [0, 0.05) is 34.3 Å². The number of aromatic nitrogens is 1.